The van der Waals surface area contributed by atoms with Gasteiger partial charge in [0.25, 0.3) is 0 Å². The van der Waals surface area contributed by atoms with E-state index in [1.165, 1.54) is 44.3 Å². The molecule has 0 bridgehead atoms. The van der Waals surface area contributed by atoms with Crippen LogP contribution in [-0.2, 0) is 11.8 Å². The molecular weight excluding hydrogens is 298 g/mol. The van der Waals surface area contributed by atoms with E-state index in [0.29, 0.717) is 11.8 Å². The Hall–Kier alpha value is -0.915. The summed E-state index contributed by atoms with van der Waals surface area (Å²) in [5.41, 5.74) is 9.79. The Morgan fingerprint density at radius 1 is 0.714 bits per heavy atom. The van der Waals surface area contributed by atoms with Crippen molar-refractivity contribution in [3.8, 4) is 0 Å². The maximum absolute atomic E-state index is 6.13. The average Bonchev–Trinajstić information content (AvgIpc) is 2.42. The van der Waals surface area contributed by atoms with Gasteiger partial charge in [0.05, 0.1) is 0 Å². The fourth-order valence-corrected chi connectivity index (χ4v) is 3.35. The third-order valence-corrected chi connectivity index (χ3v) is 4.39. The first-order chi connectivity index (χ1) is 9.96. The molecule has 0 aliphatic rings. The Bertz CT molecular complexity index is 605. The molecule has 0 aliphatic carbocycles. The molecule has 2 aromatic carbocycles. The third kappa shape index (κ3) is 3.65. The third-order valence-electron chi connectivity index (χ3n) is 3.81. The molecule has 1 radical (unpaired) electrons. The van der Waals surface area contributed by atoms with Gasteiger partial charge >= 0.3 is 0 Å². The van der Waals surface area contributed by atoms with Gasteiger partial charge < -0.3 is 0 Å². The normalized spacial score (nSPS) is 10.8. The molecule has 2 rings (SSSR count). The van der Waals surface area contributed by atoms with Gasteiger partial charge in [-0.2, -0.15) is 0 Å². The van der Waals surface area contributed by atoms with Gasteiger partial charge in [0.2, 0.25) is 0 Å². The van der Waals surface area contributed by atoms with Crippen LogP contribution >= 0.6 is 23.2 Å². The maximum atomic E-state index is 6.13. The van der Waals surface area contributed by atoms with Crippen LogP contribution < -0.4 is 10.9 Å². The molecule has 0 spiro atoms. The number of aryl methyl sites for hydroxylation is 4. The number of benzene rings is 2. The number of alkyl halides is 2. The van der Waals surface area contributed by atoms with E-state index in [9.17, 15) is 0 Å². The van der Waals surface area contributed by atoms with Crippen molar-refractivity contribution in [2.75, 3.05) is 0 Å². The monoisotopic (exact) mass is 317 g/mol. The van der Waals surface area contributed by atoms with Gasteiger partial charge in [0.1, 0.15) is 0 Å². The van der Waals surface area contributed by atoms with Crippen LogP contribution in [0, 0.1) is 27.7 Å². The molecule has 21 heavy (non-hydrogen) atoms. The summed E-state index contributed by atoms with van der Waals surface area (Å²) < 4.78 is 0. The highest BCUT2D eigenvalue weighted by atomic mass is 35.5. The van der Waals surface area contributed by atoms with E-state index in [-0.39, 0.29) is 0 Å². The number of rotatable bonds is 4. The minimum absolute atomic E-state index is 0.523. The minimum atomic E-state index is 0.523. The van der Waals surface area contributed by atoms with Crippen molar-refractivity contribution in [3.05, 3.63) is 57.6 Å². The molecule has 0 fully saturated rings. The zero-order chi connectivity index (χ0) is 15.6. The molecule has 0 unspecified atom stereocenters. The Morgan fingerprint density at radius 2 is 1.10 bits per heavy atom. The zero-order valence-electron chi connectivity index (χ0n) is 13.1. The molecule has 0 atom stereocenters. The van der Waals surface area contributed by atoms with E-state index in [0.717, 1.165) is 0 Å². The van der Waals surface area contributed by atoms with Crippen molar-refractivity contribution in [2.24, 2.45) is 0 Å². The van der Waals surface area contributed by atoms with Gasteiger partial charge in [-0.05, 0) is 38.8 Å². The predicted molar refractivity (Wildman–Crippen MR) is 96.0 cm³/mol. The molecule has 0 aromatic heterocycles. The van der Waals surface area contributed by atoms with Gasteiger partial charge in [-0.15, -0.1) is 23.2 Å². The molecule has 0 amide bonds. The zero-order valence-corrected chi connectivity index (χ0v) is 14.6. The van der Waals surface area contributed by atoms with E-state index < -0.39 is 0 Å². The summed E-state index contributed by atoms with van der Waals surface area (Å²) in [7, 11) is 2.24. The lowest BCUT2D eigenvalue weighted by atomic mass is 9.58. The smallest absolute Gasteiger partial charge is 0.122 e. The molecular formula is C18H20BCl2. The summed E-state index contributed by atoms with van der Waals surface area (Å²) in [5, 5.41) is 0. The van der Waals surface area contributed by atoms with Crippen LogP contribution in [-0.4, -0.2) is 7.28 Å². The molecule has 109 valence electrons. The quantitative estimate of drug-likeness (QED) is 0.589. The number of hydrogen-bond acceptors (Lipinski definition) is 0. The molecule has 0 N–H and O–H groups in total. The van der Waals surface area contributed by atoms with Crippen LogP contribution in [0.5, 0.6) is 0 Å². The van der Waals surface area contributed by atoms with Crippen LogP contribution in [0.2, 0.25) is 0 Å². The second-order valence-corrected chi connectivity index (χ2v) is 6.26. The van der Waals surface area contributed by atoms with E-state index in [4.69, 9.17) is 23.2 Å². The Labute approximate surface area is 138 Å². The lowest BCUT2D eigenvalue weighted by molar-refractivity contribution is 1.31. The second-order valence-electron chi connectivity index (χ2n) is 5.72. The van der Waals surface area contributed by atoms with Crippen LogP contribution in [0.15, 0.2) is 24.3 Å². The first-order valence-corrected chi connectivity index (χ1v) is 8.20. The average molecular weight is 318 g/mol. The van der Waals surface area contributed by atoms with E-state index in [2.05, 4.69) is 59.2 Å². The van der Waals surface area contributed by atoms with Crippen LogP contribution in [0.25, 0.3) is 0 Å². The molecule has 0 saturated carbocycles. The van der Waals surface area contributed by atoms with Gasteiger partial charge in [-0.3, -0.25) is 0 Å². The number of halogens is 2. The maximum Gasteiger partial charge on any atom is 0.192 e. The van der Waals surface area contributed by atoms with Gasteiger partial charge in [0, 0.05) is 11.8 Å². The van der Waals surface area contributed by atoms with Crippen molar-refractivity contribution in [1.29, 1.82) is 0 Å². The summed E-state index contributed by atoms with van der Waals surface area (Å²) in [6.07, 6.45) is 0. The molecule has 0 nitrogen and oxygen atoms in total. The fourth-order valence-electron chi connectivity index (χ4n) is 2.91. The van der Waals surface area contributed by atoms with Crippen LogP contribution in [0.1, 0.15) is 33.4 Å². The van der Waals surface area contributed by atoms with Crippen molar-refractivity contribution < 1.29 is 0 Å². The van der Waals surface area contributed by atoms with E-state index >= 15 is 0 Å². The van der Waals surface area contributed by atoms with Gasteiger partial charge in [-0.25, -0.2) is 0 Å². The Morgan fingerprint density at radius 3 is 1.43 bits per heavy atom. The van der Waals surface area contributed by atoms with Crippen LogP contribution in [0.3, 0.4) is 0 Å². The van der Waals surface area contributed by atoms with Gasteiger partial charge in [0.15, 0.2) is 7.28 Å². The van der Waals surface area contributed by atoms with Crippen LogP contribution in [0.4, 0.5) is 0 Å². The molecule has 3 heteroatoms. The molecule has 0 heterocycles. The standard InChI is InChI=1S/C18H20BCl2/c1-11-5-13(3)17(15(7-11)9-20)19-18-14(4)6-12(2)8-16(18)10-21/h5-8H,9-10H2,1-4H3. The highest BCUT2D eigenvalue weighted by Gasteiger charge is 2.14. The minimum Gasteiger partial charge on any atom is -0.122 e. The summed E-state index contributed by atoms with van der Waals surface area (Å²) in [6, 6.07) is 8.73. The summed E-state index contributed by atoms with van der Waals surface area (Å²) in [6.45, 7) is 8.49. The van der Waals surface area contributed by atoms with Crippen molar-refractivity contribution in [3.63, 3.8) is 0 Å². The second kappa shape index (κ2) is 6.90. The summed E-state index contributed by atoms with van der Waals surface area (Å²) >= 11 is 12.3. The first-order valence-electron chi connectivity index (χ1n) is 7.13. The molecule has 0 aliphatic heterocycles. The summed E-state index contributed by atoms with van der Waals surface area (Å²) in [4.78, 5) is 0. The fraction of sp³-hybridized carbons (Fsp3) is 0.333. The van der Waals surface area contributed by atoms with Gasteiger partial charge in [-0.1, -0.05) is 57.4 Å². The molecule has 0 saturated heterocycles. The Balaban J connectivity index is 2.53. The SMILES string of the molecule is Cc1cc(C)c([B]c2c(C)cc(C)cc2CCl)c(CCl)c1. The van der Waals surface area contributed by atoms with Crippen molar-refractivity contribution >= 4 is 41.4 Å². The predicted octanol–water partition coefficient (Wildman–Crippen LogP) is 4.05. The number of hydrogen-bond donors (Lipinski definition) is 0. The highest BCUT2D eigenvalue weighted by molar-refractivity contribution is 6.69. The first kappa shape index (κ1) is 16.5. The van der Waals surface area contributed by atoms with E-state index in [1.807, 2.05) is 0 Å². The summed E-state index contributed by atoms with van der Waals surface area (Å²) in [5.74, 6) is 1.05. The van der Waals surface area contributed by atoms with Crippen molar-refractivity contribution in [1.82, 2.24) is 0 Å². The highest BCUT2D eigenvalue weighted by Crippen LogP contribution is 2.12. The van der Waals surface area contributed by atoms with Crippen molar-refractivity contribution in [2.45, 2.75) is 39.5 Å². The van der Waals surface area contributed by atoms with E-state index in [1.54, 1.807) is 0 Å². The molecule has 2 aromatic rings. The lowest BCUT2D eigenvalue weighted by Gasteiger charge is -2.16. The topological polar surface area (TPSA) is 0 Å². The Kier molecular flexibility index (Phi) is 5.40. The largest absolute Gasteiger partial charge is 0.192 e. The lowest BCUT2D eigenvalue weighted by Crippen LogP contribution is -2.35.